The van der Waals surface area contributed by atoms with Crippen molar-refractivity contribution < 1.29 is 19.0 Å². The van der Waals surface area contributed by atoms with E-state index >= 15 is 0 Å². The van der Waals surface area contributed by atoms with Crippen LogP contribution in [0.5, 0.6) is 17.2 Å². The van der Waals surface area contributed by atoms with E-state index in [1.165, 1.54) is 25.3 Å². The van der Waals surface area contributed by atoms with Crippen molar-refractivity contribution in [3.63, 3.8) is 0 Å². The van der Waals surface area contributed by atoms with Crippen LogP contribution in [0.1, 0.15) is 44.1 Å². The maximum Gasteiger partial charge on any atom is 0.217 e. The summed E-state index contributed by atoms with van der Waals surface area (Å²) < 4.78 is 17.6. The largest absolute Gasteiger partial charge is 0.493 e. The minimum Gasteiger partial charge on any atom is -0.493 e. The number of hydrogen-bond donors (Lipinski definition) is 1. The van der Waals surface area contributed by atoms with Crippen LogP contribution in [-0.4, -0.2) is 30.1 Å². The highest BCUT2D eigenvalue weighted by molar-refractivity contribution is 5.73. The van der Waals surface area contributed by atoms with Crippen LogP contribution in [0.25, 0.3) is 0 Å². The number of rotatable bonds is 8. The van der Waals surface area contributed by atoms with Gasteiger partial charge in [-0.25, -0.2) is 0 Å². The molecule has 2 atom stereocenters. The lowest BCUT2D eigenvalue weighted by molar-refractivity contribution is -0.119. The van der Waals surface area contributed by atoms with Gasteiger partial charge in [0.05, 0.1) is 24.5 Å². The summed E-state index contributed by atoms with van der Waals surface area (Å²) in [7, 11) is 0. The highest BCUT2D eigenvalue weighted by atomic mass is 16.5. The molecule has 148 valence electrons. The summed E-state index contributed by atoms with van der Waals surface area (Å²) >= 11 is 0. The van der Waals surface area contributed by atoms with Gasteiger partial charge in [0, 0.05) is 19.4 Å². The van der Waals surface area contributed by atoms with E-state index in [-0.39, 0.29) is 18.1 Å². The zero-order valence-corrected chi connectivity index (χ0v) is 16.3. The molecule has 1 saturated carbocycles. The minimum atomic E-state index is -0.0963. The van der Waals surface area contributed by atoms with Crippen molar-refractivity contribution in [2.75, 3.05) is 13.2 Å². The van der Waals surface area contributed by atoms with Gasteiger partial charge >= 0.3 is 0 Å². The van der Waals surface area contributed by atoms with Gasteiger partial charge in [-0.2, -0.15) is 0 Å². The van der Waals surface area contributed by atoms with E-state index in [1.54, 1.807) is 6.20 Å². The molecule has 4 rings (SSSR count). The summed E-state index contributed by atoms with van der Waals surface area (Å²) in [6.45, 7) is 4.59. The maximum atomic E-state index is 11.0. The second-order valence-electron chi connectivity index (χ2n) is 7.67. The van der Waals surface area contributed by atoms with Crippen molar-refractivity contribution in [2.24, 2.45) is 5.92 Å². The van der Waals surface area contributed by atoms with E-state index in [0.29, 0.717) is 12.4 Å². The first-order valence-electron chi connectivity index (χ1n) is 9.85. The number of benzene rings is 1. The molecule has 1 aliphatic carbocycles. The first kappa shape index (κ1) is 18.6. The summed E-state index contributed by atoms with van der Waals surface area (Å²) in [4.78, 5) is 15.5. The van der Waals surface area contributed by atoms with E-state index in [2.05, 4.69) is 16.4 Å². The molecule has 1 fully saturated rings. The SMILES string of the molecule is CC(=O)N[C@@H](C)COc1ccc(C2Cc3ccc(OCC4CC4)cc3O2)nc1. The Morgan fingerprint density at radius 1 is 1.25 bits per heavy atom. The van der Waals surface area contributed by atoms with Crippen LogP contribution < -0.4 is 19.5 Å². The lowest BCUT2D eigenvalue weighted by Crippen LogP contribution is -2.35. The molecule has 28 heavy (non-hydrogen) atoms. The van der Waals surface area contributed by atoms with Crippen molar-refractivity contribution in [1.82, 2.24) is 10.3 Å². The number of nitrogens with zero attached hydrogens (tertiary/aromatic N) is 1. The molecule has 0 radical (unpaired) electrons. The molecule has 2 heterocycles. The third-order valence-electron chi connectivity index (χ3n) is 4.93. The van der Waals surface area contributed by atoms with Gasteiger partial charge in [0.2, 0.25) is 5.91 Å². The van der Waals surface area contributed by atoms with Gasteiger partial charge in [0.25, 0.3) is 0 Å². The van der Waals surface area contributed by atoms with Gasteiger partial charge in [0.1, 0.15) is 30.0 Å². The molecule has 0 spiro atoms. The third kappa shape index (κ3) is 4.74. The van der Waals surface area contributed by atoms with Crippen LogP contribution in [0.4, 0.5) is 0 Å². The fourth-order valence-corrected chi connectivity index (χ4v) is 3.24. The minimum absolute atomic E-state index is 0.0545. The summed E-state index contributed by atoms with van der Waals surface area (Å²) in [6.07, 6.45) is 4.96. The van der Waals surface area contributed by atoms with Gasteiger partial charge in [-0.1, -0.05) is 6.07 Å². The molecule has 2 aromatic rings. The predicted molar refractivity (Wildman–Crippen MR) is 105 cm³/mol. The first-order valence-corrected chi connectivity index (χ1v) is 9.85. The van der Waals surface area contributed by atoms with E-state index in [0.717, 1.165) is 36.1 Å². The van der Waals surface area contributed by atoms with Gasteiger partial charge in [0.15, 0.2) is 0 Å². The standard InChI is InChI=1S/C22H26N2O4/c1-14(24-15(2)25)12-26-19-7-8-20(23-11-19)22-9-17-5-6-18(10-21(17)28-22)27-13-16-3-4-16/h5-8,10-11,14,16,22H,3-4,9,12-13H2,1-2H3,(H,24,25)/t14-,22?/m0/s1. The molecule has 6 nitrogen and oxygen atoms in total. The Balaban J connectivity index is 1.32. The highest BCUT2D eigenvalue weighted by Crippen LogP contribution is 2.39. The molecule has 2 aliphatic rings. The van der Waals surface area contributed by atoms with Crippen LogP contribution in [0.15, 0.2) is 36.5 Å². The number of nitrogens with one attached hydrogen (secondary N) is 1. The van der Waals surface area contributed by atoms with Gasteiger partial charge in [-0.3, -0.25) is 9.78 Å². The number of amides is 1. The Hall–Kier alpha value is -2.76. The molecule has 1 unspecified atom stereocenters. The number of carbonyl (C=O) groups excluding carboxylic acids is 1. The van der Waals surface area contributed by atoms with Crippen molar-refractivity contribution in [3.05, 3.63) is 47.8 Å². The molecule has 1 aliphatic heterocycles. The molecule has 1 aromatic heterocycles. The molecule has 1 amide bonds. The quantitative estimate of drug-likeness (QED) is 0.757. The molecule has 1 aromatic carbocycles. The summed E-state index contributed by atoms with van der Waals surface area (Å²) in [5.74, 6) is 3.09. The average molecular weight is 382 g/mol. The normalized spacial score (nSPS) is 18.7. The van der Waals surface area contributed by atoms with Gasteiger partial charge < -0.3 is 19.5 Å². The molecule has 6 heteroatoms. The maximum absolute atomic E-state index is 11.0. The Bertz CT molecular complexity index is 833. The summed E-state index contributed by atoms with van der Waals surface area (Å²) in [6, 6.07) is 9.85. The Morgan fingerprint density at radius 3 is 2.79 bits per heavy atom. The fourth-order valence-electron chi connectivity index (χ4n) is 3.24. The number of pyridine rings is 1. The highest BCUT2D eigenvalue weighted by Gasteiger charge is 2.27. The number of aromatic nitrogens is 1. The van der Waals surface area contributed by atoms with Gasteiger partial charge in [-0.05, 0) is 49.4 Å². The molecule has 0 saturated heterocycles. The Morgan fingerprint density at radius 2 is 2.07 bits per heavy atom. The van der Waals surface area contributed by atoms with Gasteiger partial charge in [-0.15, -0.1) is 0 Å². The smallest absolute Gasteiger partial charge is 0.217 e. The third-order valence-corrected chi connectivity index (χ3v) is 4.93. The molecule has 0 bridgehead atoms. The zero-order chi connectivity index (χ0) is 19.5. The second-order valence-corrected chi connectivity index (χ2v) is 7.67. The predicted octanol–water partition coefficient (Wildman–Crippen LogP) is 3.45. The summed E-state index contributed by atoms with van der Waals surface area (Å²) in [5, 5.41) is 2.79. The van der Waals surface area contributed by atoms with Crippen LogP contribution >= 0.6 is 0 Å². The van der Waals surface area contributed by atoms with Crippen molar-refractivity contribution >= 4 is 5.91 Å². The fraction of sp³-hybridized carbons (Fsp3) is 0.455. The average Bonchev–Trinajstić information content (AvgIpc) is 3.41. The monoisotopic (exact) mass is 382 g/mol. The number of carbonyl (C=O) groups is 1. The van der Waals surface area contributed by atoms with Crippen LogP contribution in [0.2, 0.25) is 0 Å². The molecular weight excluding hydrogens is 356 g/mol. The van der Waals surface area contributed by atoms with E-state index in [9.17, 15) is 4.79 Å². The number of fused-ring (bicyclic) bond motifs is 1. The summed E-state index contributed by atoms with van der Waals surface area (Å²) in [5.41, 5.74) is 2.05. The number of hydrogen-bond acceptors (Lipinski definition) is 5. The van der Waals surface area contributed by atoms with E-state index < -0.39 is 0 Å². The van der Waals surface area contributed by atoms with Crippen molar-refractivity contribution in [1.29, 1.82) is 0 Å². The Labute approximate surface area is 165 Å². The van der Waals surface area contributed by atoms with E-state index in [4.69, 9.17) is 14.2 Å². The lowest BCUT2D eigenvalue weighted by Gasteiger charge is -2.14. The van der Waals surface area contributed by atoms with Crippen LogP contribution in [0.3, 0.4) is 0 Å². The lowest BCUT2D eigenvalue weighted by atomic mass is 10.1. The molecule has 1 N–H and O–H groups in total. The second kappa shape index (κ2) is 8.09. The van der Waals surface area contributed by atoms with Crippen LogP contribution in [0, 0.1) is 5.92 Å². The first-order chi connectivity index (χ1) is 13.6. The Kier molecular flexibility index (Phi) is 5.37. The van der Waals surface area contributed by atoms with Crippen LogP contribution in [-0.2, 0) is 11.2 Å². The van der Waals surface area contributed by atoms with Crippen molar-refractivity contribution in [3.8, 4) is 17.2 Å². The number of ether oxygens (including phenoxy) is 3. The zero-order valence-electron chi connectivity index (χ0n) is 16.3. The van der Waals surface area contributed by atoms with E-state index in [1.807, 2.05) is 31.2 Å². The van der Waals surface area contributed by atoms with Crippen molar-refractivity contribution in [2.45, 2.75) is 45.3 Å². The molecular formula is C22H26N2O4. The topological polar surface area (TPSA) is 69.7 Å².